The number of halogens is 1. The molecule has 92 valence electrons. The molecule has 0 bridgehead atoms. The van der Waals surface area contributed by atoms with Crippen LogP contribution in [-0.2, 0) is 4.74 Å². The van der Waals surface area contributed by atoms with Crippen molar-refractivity contribution >= 4 is 22.9 Å². The lowest BCUT2D eigenvalue weighted by Gasteiger charge is -2.24. The third-order valence-corrected chi connectivity index (χ3v) is 3.73. The molecule has 0 aliphatic carbocycles. The van der Waals surface area contributed by atoms with Crippen LogP contribution in [0.25, 0.3) is 0 Å². The number of hydrogen-bond donors (Lipinski definition) is 1. The Morgan fingerprint density at radius 2 is 2.19 bits per heavy atom. The monoisotopic (exact) mass is 261 g/mol. The van der Waals surface area contributed by atoms with Crippen LogP contribution < -0.4 is 5.32 Å². The van der Waals surface area contributed by atoms with Gasteiger partial charge in [-0.2, -0.15) is 0 Å². The van der Waals surface area contributed by atoms with Gasteiger partial charge in [-0.25, -0.2) is 0 Å². The van der Waals surface area contributed by atoms with Gasteiger partial charge in [0.05, 0.1) is 16.5 Å². The molecule has 1 heterocycles. The summed E-state index contributed by atoms with van der Waals surface area (Å²) < 4.78 is 6.50. The zero-order valence-corrected chi connectivity index (χ0v) is 11.7. The van der Waals surface area contributed by atoms with Crippen molar-refractivity contribution in [3.63, 3.8) is 0 Å². The molecule has 0 amide bonds. The van der Waals surface area contributed by atoms with Gasteiger partial charge in [0.1, 0.15) is 0 Å². The summed E-state index contributed by atoms with van der Waals surface area (Å²) in [6.07, 6.45) is 1.29. The van der Waals surface area contributed by atoms with Gasteiger partial charge in [0.25, 0.3) is 0 Å². The second kappa shape index (κ2) is 7.28. The fourth-order valence-electron chi connectivity index (χ4n) is 1.65. The van der Waals surface area contributed by atoms with E-state index in [1.165, 1.54) is 4.88 Å². The topological polar surface area (TPSA) is 21.3 Å². The fourth-order valence-corrected chi connectivity index (χ4v) is 2.88. The lowest BCUT2D eigenvalue weighted by atomic mass is 10.1. The van der Waals surface area contributed by atoms with Crippen molar-refractivity contribution in [1.29, 1.82) is 0 Å². The molecule has 2 atom stereocenters. The Bertz CT molecular complexity index is 303. The Labute approximate surface area is 107 Å². The minimum absolute atomic E-state index is 0.172. The summed E-state index contributed by atoms with van der Waals surface area (Å²) in [6.45, 7) is 8.03. The van der Waals surface area contributed by atoms with Crippen LogP contribution in [0.4, 0.5) is 0 Å². The van der Waals surface area contributed by atoms with E-state index in [1.807, 2.05) is 13.0 Å². The number of nitrogens with one attached hydrogen (secondary N) is 1. The van der Waals surface area contributed by atoms with Crippen LogP contribution in [0.3, 0.4) is 0 Å². The first-order valence-corrected chi connectivity index (χ1v) is 6.98. The van der Waals surface area contributed by atoms with E-state index in [-0.39, 0.29) is 12.1 Å². The van der Waals surface area contributed by atoms with Gasteiger partial charge in [0.15, 0.2) is 0 Å². The van der Waals surface area contributed by atoms with Crippen LogP contribution in [0.5, 0.6) is 0 Å². The van der Waals surface area contributed by atoms with E-state index >= 15 is 0 Å². The van der Waals surface area contributed by atoms with Crippen molar-refractivity contribution in [2.24, 2.45) is 0 Å². The number of rotatable bonds is 7. The van der Waals surface area contributed by atoms with Gasteiger partial charge in [0, 0.05) is 11.5 Å². The second-order valence-electron chi connectivity index (χ2n) is 3.73. The lowest BCUT2D eigenvalue weighted by molar-refractivity contribution is 0.0482. The van der Waals surface area contributed by atoms with E-state index < -0.39 is 0 Å². The van der Waals surface area contributed by atoms with Gasteiger partial charge in [-0.05, 0) is 38.9 Å². The summed E-state index contributed by atoms with van der Waals surface area (Å²) in [7, 11) is 0. The first-order valence-electron chi connectivity index (χ1n) is 5.79. The Balaban J connectivity index is 2.69. The molecule has 0 aliphatic heterocycles. The quantitative estimate of drug-likeness (QED) is 0.805. The maximum atomic E-state index is 5.97. The van der Waals surface area contributed by atoms with Gasteiger partial charge >= 0.3 is 0 Å². The number of ether oxygens (including phenoxy) is 1. The molecule has 1 rings (SSSR count). The average Bonchev–Trinajstić information content (AvgIpc) is 2.66. The third kappa shape index (κ3) is 4.06. The van der Waals surface area contributed by atoms with E-state index in [0.717, 1.165) is 23.9 Å². The second-order valence-corrected chi connectivity index (χ2v) is 5.48. The van der Waals surface area contributed by atoms with E-state index in [4.69, 9.17) is 16.3 Å². The minimum atomic E-state index is 0.172. The van der Waals surface area contributed by atoms with E-state index in [9.17, 15) is 0 Å². The molecule has 16 heavy (non-hydrogen) atoms. The molecule has 1 aromatic heterocycles. The average molecular weight is 262 g/mol. The summed E-state index contributed by atoms with van der Waals surface area (Å²) in [5.74, 6) is 0. The molecule has 0 saturated carbocycles. The largest absolute Gasteiger partial charge is 0.377 e. The normalized spacial score (nSPS) is 15.0. The van der Waals surface area contributed by atoms with Crippen molar-refractivity contribution in [2.75, 3.05) is 13.2 Å². The van der Waals surface area contributed by atoms with Gasteiger partial charge in [0.2, 0.25) is 0 Å². The maximum absolute atomic E-state index is 5.97. The molecular weight excluding hydrogens is 242 g/mol. The SMILES string of the molecule is CCCNC(c1ccc(Cl)s1)C(C)OCC. The molecule has 0 fully saturated rings. The smallest absolute Gasteiger partial charge is 0.0931 e. The van der Waals surface area contributed by atoms with Crippen LogP contribution in [-0.4, -0.2) is 19.3 Å². The molecule has 0 spiro atoms. The lowest BCUT2D eigenvalue weighted by Crippen LogP contribution is -2.32. The van der Waals surface area contributed by atoms with Crippen LogP contribution in [0, 0.1) is 0 Å². The van der Waals surface area contributed by atoms with E-state index in [1.54, 1.807) is 11.3 Å². The Hall–Kier alpha value is -0.0900. The highest BCUT2D eigenvalue weighted by molar-refractivity contribution is 7.16. The van der Waals surface area contributed by atoms with Crippen molar-refractivity contribution in [3.05, 3.63) is 21.3 Å². The zero-order valence-electron chi connectivity index (χ0n) is 10.1. The molecule has 2 unspecified atom stereocenters. The standard InChI is InChI=1S/C12H20ClNOS/c1-4-8-14-12(9(3)15-5-2)10-6-7-11(13)16-10/h6-7,9,12,14H,4-5,8H2,1-3H3. The molecule has 4 heteroatoms. The van der Waals surface area contributed by atoms with Crippen molar-refractivity contribution in [1.82, 2.24) is 5.32 Å². The predicted molar refractivity (Wildman–Crippen MR) is 71.5 cm³/mol. The highest BCUT2D eigenvalue weighted by Crippen LogP contribution is 2.29. The van der Waals surface area contributed by atoms with Crippen LogP contribution in [0.15, 0.2) is 12.1 Å². The Morgan fingerprint density at radius 1 is 1.44 bits per heavy atom. The molecule has 0 saturated heterocycles. The summed E-state index contributed by atoms with van der Waals surface area (Å²) >= 11 is 7.59. The molecular formula is C12H20ClNOS. The molecule has 1 N–H and O–H groups in total. The van der Waals surface area contributed by atoms with Crippen molar-refractivity contribution in [2.45, 2.75) is 39.3 Å². The van der Waals surface area contributed by atoms with Crippen LogP contribution in [0.2, 0.25) is 4.34 Å². The highest BCUT2D eigenvalue weighted by Gasteiger charge is 2.20. The molecule has 2 nitrogen and oxygen atoms in total. The highest BCUT2D eigenvalue weighted by atomic mass is 35.5. The predicted octanol–water partition coefficient (Wildman–Crippen LogP) is 3.87. The van der Waals surface area contributed by atoms with E-state index in [2.05, 4.69) is 25.2 Å². The molecule has 0 aliphatic rings. The summed E-state index contributed by atoms with van der Waals surface area (Å²) in [6, 6.07) is 4.27. The van der Waals surface area contributed by atoms with Crippen LogP contribution >= 0.6 is 22.9 Å². The summed E-state index contributed by atoms with van der Waals surface area (Å²) in [4.78, 5) is 1.25. The van der Waals surface area contributed by atoms with Gasteiger partial charge in [-0.1, -0.05) is 18.5 Å². The number of hydrogen-bond acceptors (Lipinski definition) is 3. The van der Waals surface area contributed by atoms with E-state index in [0.29, 0.717) is 0 Å². The first kappa shape index (κ1) is 14.0. The fraction of sp³-hybridized carbons (Fsp3) is 0.667. The minimum Gasteiger partial charge on any atom is -0.377 e. The van der Waals surface area contributed by atoms with Crippen molar-refractivity contribution < 1.29 is 4.74 Å². The summed E-state index contributed by atoms with van der Waals surface area (Å²) in [5, 5.41) is 3.51. The third-order valence-electron chi connectivity index (χ3n) is 2.41. The molecule has 0 radical (unpaired) electrons. The van der Waals surface area contributed by atoms with Gasteiger partial charge in [-0.3, -0.25) is 0 Å². The van der Waals surface area contributed by atoms with Crippen LogP contribution in [0.1, 0.15) is 38.1 Å². The molecule has 1 aromatic rings. The Morgan fingerprint density at radius 3 is 2.69 bits per heavy atom. The molecule has 0 aromatic carbocycles. The summed E-state index contributed by atoms with van der Waals surface area (Å²) in [5.41, 5.74) is 0. The maximum Gasteiger partial charge on any atom is 0.0931 e. The Kier molecular flexibility index (Phi) is 6.36. The zero-order chi connectivity index (χ0) is 12.0. The first-order chi connectivity index (χ1) is 7.69. The van der Waals surface area contributed by atoms with Crippen molar-refractivity contribution in [3.8, 4) is 0 Å². The van der Waals surface area contributed by atoms with Gasteiger partial charge < -0.3 is 10.1 Å². The number of thiophene rings is 1. The van der Waals surface area contributed by atoms with Gasteiger partial charge in [-0.15, -0.1) is 11.3 Å².